The number of carbonyl (C=O) groups is 1. The van der Waals surface area contributed by atoms with E-state index >= 15 is 0 Å². The lowest BCUT2D eigenvalue weighted by Crippen LogP contribution is -2.09. The molecule has 0 saturated heterocycles. The topological polar surface area (TPSA) is 65.2 Å². The number of esters is 1. The van der Waals surface area contributed by atoms with Gasteiger partial charge in [0.25, 0.3) is 0 Å². The predicted molar refractivity (Wildman–Crippen MR) is 67.0 cm³/mol. The molecule has 3 rings (SSSR count). The molecule has 1 atom stereocenters. The lowest BCUT2D eigenvalue weighted by molar-refractivity contribution is 0.0600. The average Bonchev–Trinajstić information content (AvgIpc) is 2.72. The van der Waals surface area contributed by atoms with Gasteiger partial charge in [0.1, 0.15) is 0 Å². The molecule has 2 N–H and O–H groups in total. The molecule has 0 fully saturated rings. The molecule has 1 aromatic heterocycles. The van der Waals surface area contributed by atoms with Crippen molar-refractivity contribution in [3.8, 4) is 11.3 Å². The van der Waals surface area contributed by atoms with E-state index in [4.69, 9.17) is 10.5 Å². The standard InChI is InChI=1S/C14H12N2O2/c1-18-14(17)8-4-5-9-11(7-8)12(15)10-3-2-6-16-13(9)10/h2-7,12H,15H2,1H3. The molecule has 0 radical (unpaired) electrons. The number of nitrogens with zero attached hydrogens (tertiary/aromatic N) is 1. The summed E-state index contributed by atoms with van der Waals surface area (Å²) in [4.78, 5) is 15.9. The molecule has 1 heterocycles. The Kier molecular flexibility index (Phi) is 2.38. The van der Waals surface area contributed by atoms with Crippen molar-refractivity contribution >= 4 is 5.97 Å². The van der Waals surface area contributed by atoms with E-state index in [1.165, 1.54) is 7.11 Å². The second-order valence-electron chi connectivity index (χ2n) is 4.21. The number of fused-ring (bicyclic) bond motifs is 3. The molecule has 1 aliphatic rings. The van der Waals surface area contributed by atoms with Gasteiger partial charge in [-0.25, -0.2) is 4.79 Å². The van der Waals surface area contributed by atoms with Gasteiger partial charge in [-0.2, -0.15) is 0 Å². The number of benzene rings is 1. The summed E-state index contributed by atoms with van der Waals surface area (Å²) in [5, 5.41) is 0. The van der Waals surface area contributed by atoms with Crippen molar-refractivity contribution < 1.29 is 9.53 Å². The van der Waals surface area contributed by atoms with Crippen molar-refractivity contribution in [3.63, 3.8) is 0 Å². The smallest absolute Gasteiger partial charge is 0.337 e. The van der Waals surface area contributed by atoms with E-state index in [1.807, 2.05) is 18.2 Å². The quantitative estimate of drug-likeness (QED) is 0.773. The number of rotatable bonds is 1. The molecule has 0 saturated carbocycles. The molecule has 4 nitrogen and oxygen atoms in total. The molecule has 1 unspecified atom stereocenters. The van der Waals surface area contributed by atoms with Crippen LogP contribution in [0.15, 0.2) is 36.5 Å². The fourth-order valence-electron chi connectivity index (χ4n) is 2.34. The third-order valence-corrected chi connectivity index (χ3v) is 3.24. The summed E-state index contributed by atoms with van der Waals surface area (Å²) in [5.74, 6) is -0.353. The molecule has 0 spiro atoms. The Balaban J connectivity index is 2.16. The first-order chi connectivity index (χ1) is 8.72. The summed E-state index contributed by atoms with van der Waals surface area (Å²) in [6.07, 6.45) is 1.74. The average molecular weight is 240 g/mol. The van der Waals surface area contributed by atoms with Crippen LogP contribution >= 0.6 is 0 Å². The highest BCUT2D eigenvalue weighted by Crippen LogP contribution is 2.40. The maximum absolute atomic E-state index is 11.5. The molecule has 0 amide bonds. The first kappa shape index (κ1) is 10.9. The number of hydrogen-bond donors (Lipinski definition) is 1. The lowest BCUT2D eigenvalue weighted by atomic mass is 10.0. The monoisotopic (exact) mass is 240 g/mol. The molecule has 18 heavy (non-hydrogen) atoms. The van der Waals surface area contributed by atoms with E-state index in [0.29, 0.717) is 5.56 Å². The van der Waals surface area contributed by atoms with Crippen LogP contribution in [0.2, 0.25) is 0 Å². The van der Waals surface area contributed by atoms with Gasteiger partial charge in [-0.3, -0.25) is 4.98 Å². The van der Waals surface area contributed by atoms with Crippen molar-refractivity contribution in [3.05, 3.63) is 53.2 Å². The normalized spacial score (nSPS) is 16.0. The molecule has 0 bridgehead atoms. The summed E-state index contributed by atoms with van der Waals surface area (Å²) in [7, 11) is 1.37. The van der Waals surface area contributed by atoms with E-state index in [-0.39, 0.29) is 12.0 Å². The minimum Gasteiger partial charge on any atom is -0.465 e. The Morgan fingerprint density at radius 1 is 1.33 bits per heavy atom. The van der Waals surface area contributed by atoms with Crippen molar-refractivity contribution in [2.45, 2.75) is 6.04 Å². The van der Waals surface area contributed by atoms with Gasteiger partial charge in [0, 0.05) is 11.8 Å². The van der Waals surface area contributed by atoms with Crippen LogP contribution in [0.1, 0.15) is 27.5 Å². The minimum atomic E-state index is -0.353. The molecule has 90 valence electrons. The van der Waals surface area contributed by atoms with Gasteiger partial charge in [-0.15, -0.1) is 0 Å². The van der Waals surface area contributed by atoms with E-state index < -0.39 is 0 Å². The van der Waals surface area contributed by atoms with Crippen molar-refractivity contribution in [1.82, 2.24) is 4.98 Å². The Hall–Kier alpha value is -2.20. The molecule has 0 aliphatic heterocycles. The van der Waals surface area contributed by atoms with Crippen LogP contribution in [0, 0.1) is 0 Å². The fraction of sp³-hybridized carbons (Fsp3) is 0.143. The fourth-order valence-corrected chi connectivity index (χ4v) is 2.34. The Bertz CT molecular complexity index is 637. The first-order valence-electron chi connectivity index (χ1n) is 5.65. The predicted octanol–water partition coefficient (Wildman–Crippen LogP) is 1.90. The van der Waals surface area contributed by atoms with Crippen LogP contribution in [0.25, 0.3) is 11.3 Å². The number of methoxy groups -OCH3 is 1. The number of pyridine rings is 1. The van der Waals surface area contributed by atoms with Crippen molar-refractivity contribution in [2.24, 2.45) is 5.73 Å². The SMILES string of the molecule is COC(=O)c1ccc2c(c1)C(N)c1cccnc1-2. The summed E-state index contributed by atoms with van der Waals surface area (Å²) in [6.45, 7) is 0. The van der Waals surface area contributed by atoms with Crippen LogP contribution in [0.3, 0.4) is 0 Å². The maximum atomic E-state index is 11.5. The Morgan fingerprint density at radius 2 is 2.17 bits per heavy atom. The zero-order chi connectivity index (χ0) is 12.7. The van der Waals surface area contributed by atoms with Gasteiger partial charge in [-0.1, -0.05) is 12.1 Å². The number of aromatic nitrogens is 1. The van der Waals surface area contributed by atoms with Gasteiger partial charge in [0.15, 0.2) is 0 Å². The lowest BCUT2D eigenvalue weighted by Gasteiger charge is -2.07. The summed E-state index contributed by atoms with van der Waals surface area (Å²) >= 11 is 0. The summed E-state index contributed by atoms with van der Waals surface area (Å²) < 4.78 is 4.71. The van der Waals surface area contributed by atoms with Gasteiger partial charge < -0.3 is 10.5 Å². The first-order valence-corrected chi connectivity index (χ1v) is 5.65. The summed E-state index contributed by atoms with van der Waals surface area (Å²) in [6, 6.07) is 9.00. The largest absolute Gasteiger partial charge is 0.465 e. The Labute approximate surface area is 104 Å². The van der Waals surface area contributed by atoms with Crippen molar-refractivity contribution in [2.75, 3.05) is 7.11 Å². The zero-order valence-electron chi connectivity index (χ0n) is 9.88. The molecule has 1 aliphatic carbocycles. The van der Waals surface area contributed by atoms with Gasteiger partial charge in [-0.05, 0) is 29.3 Å². The molecule has 2 aromatic rings. The second-order valence-corrected chi connectivity index (χ2v) is 4.21. The molecule has 1 aromatic carbocycles. The third kappa shape index (κ3) is 1.43. The van der Waals surface area contributed by atoms with Crippen LogP contribution < -0.4 is 5.73 Å². The zero-order valence-corrected chi connectivity index (χ0v) is 9.88. The number of hydrogen-bond acceptors (Lipinski definition) is 4. The van der Waals surface area contributed by atoms with Crippen LogP contribution in [-0.2, 0) is 4.74 Å². The van der Waals surface area contributed by atoms with Gasteiger partial charge in [0.05, 0.1) is 24.4 Å². The molecular formula is C14H12N2O2. The molecule has 4 heteroatoms. The van der Waals surface area contributed by atoms with Gasteiger partial charge >= 0.3 is 5.97 Å². The minimum absolute atomic E-state index is 0.228. The Morgan fingerprint density at radius 3 is 2.94 bits per heavy atom. The maximum Gasteiger partial charge on any atom is 0.337 e. The van der Waals surface area contributed by atoms with Crippen LogP contribution in [0.5, 0.6) is 0 Å². The molecular weight excluding hydrogens is 228 g/mol. The van der Waals surface area contributed by atoms with Gasteiger partial charge in [0.2, 0.25) is 0 Å². The second kappa shape index (κ2) is 3.92. The number of carbonyl (C=O) groups excluding carboxylic acids is 1. The van der Waals surface area contributed by atoms with E-state index in [1.54, 1.807) is 18.3 Å². The highest BCUT2D eigenvalue weighted by atomic mass is 16.5. The number of nitrogens with two attached hydrogens (primary N) is 1. The highest BCUT2D eigenvalue weighted by Gasteiger charge is 2.27. The highest BCUT2D eigenvalue weighted by molar-refractivity contribution is 5.91. The van der Waals surface area contributed by atoms with E-state index in [0.717, 1.165) is 22.4 Å². The van der Waals surface area contributed by atoms with Crippen LogP contribution in [-0.4, -0.2) is 18.1 Å². The van der Waals surface area contributed by atoms with E-state index in [9.17, 15) is 4.79 Å². The third-order valence-electron chi connectivity index (χ3n) is 3.24. The van der Waals surface area contributed by atoms with Crippen molar-refractivity contribution in [1.29, 1.82) is 0 Å². The number of ether oxygens (including phenoxy) is 1. The summed E-state index contributed by atoms with van der Waals surface area (Å²) in [5.41, 5.74) is 10.5. The van der Waals surface area contributed by atoms with Crippen LogP contribution in [0.4, 0.5) is 0 Å². The van der Waals surface area contributed by atoms with E-state index in [2.05, 4.69) is 4.98 Å².